The van der Waals surface area contributed by atoms with Crippen LogP contribution in [0.1, 0.15) is 22.3 Å². The normalized spacial score (nSPS) is 10.3. The number of rotatable bonds is 4. The molecule has 0 bridgehead atoms. The molecule has 0 saturated carbocycles. The largest absolute Gasteiger partial charge is 0.334 e. The van der Waals surface area contributed by atoms with Crippen molar-refractivity contribution in [2.45, 2.75) is 27.3 Å². The molecule has 0 fully saturated rings. The lowest BCUT2D eigenvalue weighted by molar-refractivity contribution is -0.384. The minimum atomic E-state index is -0.501. The van der Waals surface area contributed by atoms with Gasteiger partial charge in [-0.15, -0.1) is 0 Å². The first-order chi connectivity index (χ1) is 11.3. The number of hydrogen-bond acceptors (Lipinski definition) is 3. The minimum Gasteiger partial charge on any atom is -0.334 e. The molecule has 0 unspecified atom stereocenters. The summed E-state index contributed by atoms with van der Waals surface area (Å²) in [5.41, 5.74) is 4.23. The molecule has 6 nitrogen and oxygen atoms in total. The summed E-state index contributed by atoms with van der Waals surface area (Å²) in [7, 11) is 0. The average Bonchev–Trinajstić information content (AvgIpc) is 2.49. The highest BCUT2D eigenvalue weighted by Gasteiger charge is 2.12. The van der Waals surface area contributed by atoms with E-state index in [0.717, 1.165) is 22.4 Å². The molecule has 7 heteroatoms. The molecule has 126 valence electrons. The predicted molar refractivity (Wildman–Crippen MR) is 94.6 cm³/mol. The first-order valence-corrected chi connectivity index (χ1v) is 7.71. The lowest BCUT2D eigenvalue weighted by Gasteiger charge is -2.14. The quantitative estimate of drug-likeness (QED) is 0.631. The molecule has 0 radical (unpaired) electrons. The molecule has 0 spiro atoms. The van der Waals surface area contributed by atoms with Crippen molar-refractivity contribution in [3.05, 3.63) is 67.7 Å². The van der Waals surface area contributed by atoms with Crippen LogP contribution in [0.15, 0.2) is 30.3 Å². The number of non-ortho nitro benzene ring substituents is 1. The summed E-state index contributed by atoms with van der Waals surface area (Å²) >= 11 is 6.02. The maximum Gasteiger partial charge on any atom is 0.319 e. The SMILES string of the molecule is Cc1cc(C)c(NC(=O)NCc2cc([N+](=O)[O-])ccc2Cl)c(C)c1. The van der Waals surface area contributed by atoms with E-state index in [0.29, 0.717) is 10.6 Å². The molecular weight excluding hydrogens is 330 g/mol. The number of urea groups is 1. The number of nitrogens with one attached hydrogen (secondary N) is 2. The number of nitro benzene ring substituents is 1. The lowest BCUT2D eigenvalue weighted by Crippen LogP contribution is -2.29. The topological polar surface area (TPSA) is 84.3 Å². The van der Waals surface area contributed by atoms with Gasteiger partial charge in [0, 0.05) is 29.4 Å². The van der Waals surface area contributed by atoms with E-state index in [2.05, 4.69) is 10.6 Å². The van der Waals surface area contributed by atoms with Gasteiger partial charge in [-0.2, -0.15) is 0 Å². The van der Waals surface area contributed by atoms with Crippen LogP contribution in [-0.4, -0.2) is 11.0 Å². The van der Waals surface area contributed by atoms with Gasteiger partial charge in [-0.3, -0.25) is 10.1 Å². The fraction of sp³-hybridized carbons (Fsp3) is 0.235. The maximum absolute atomic E-state index is 12.1. The Kier molecular flexibility index (Phi) is 5.41. The van der Waals surface area contributed by atoms with E-state index >= 15 is 0 Å². The van der Waals surface area contributed by atoms with Crippen molar-refractivity contribution in [2.24, 2.45) is 0 Å². The van der Waals surface area contributed by atoms with Crippen molar-refractivity contribution >= 4 is 29.0 Å². The summed E-state index contributed by atoms with van der Waals surface area (Å²) < 4.78 is 0. The number of hydrogen-bond donors (Lipinski definition) is 2. The highest BCUT2D eigenvalue weighted by atomic mass is 35.5. The molecule has 2 aromatic carbocycles. The zero-order valence-corrected chi connectivity index (χ0v) is 14.4. The second-order valence-electron chi connectivity index (χ2n) is 5.61. The molecule has 24 heavy (non-hydrogen) atoms. The van der Waals surface area contributed by atoms with E-state index in [-0.39, 0.29) is 12.2 Å². The number of carbonyl (C=O) groups is 1. The molecule has 0 atom stereocenters. The number of nitro groups is 1. The van der Waals surface area contributed by atoms with Crippen LogP contribution >= 0.6 is 11.6 Å². The van der Waals surface area contributed by atoms with Gasteiger partial charge in [0.1, 0.15) is 0 Å². The second-order valence-corrected chi connectivity index (χ2v) is 6.02. The van der Waals surface area contributed by atoms with E-state index < -0.39 is 11.0 Å². The van der Waals surface area contributed by atoms with Gasteiger partial charge in [0.2, 0.25) is 0 Å². The van der Waals surface area contributed by atoms with Gasteiger partial charge in [0.05, 0.1) is 4.92 Å². The monoisotopic (exact) mass is 347 g/mol. The second kappa shape index (κ2) is 7.31. The molecule has 2 N–H and O–H groups in total. The van der Waals surface area contributed by atoms with Crippen LogP contribution in [0.3, 0.4) is 0 Å². The predicted octanol–water partition coefficient (Wildman–Crippen LogP) is 4.50. The van der Waals surface area contributed by atoms with Crippen LogP contribution in [0.4, 0.5) is 16.2 Å². The van der Waals surface area contributed by atoms with Gasteiger partial charge in [0.25, 0.3) is 5.69 Å². The number of nitrogens with zero attached hydrogens (tertiary/aromatic N) is 1. The Morgan fingerprint density at radius 2 is 1.79 bits per heavy atom. The Morgan fingerprint density at radius 1 is 1.17 bits per heavy atom. The summed E-state index contributed by atoms with van der Waals surface area (Å²) in [5.74, 6) is 0. The van der Waals surface area contributed by atoms with Gasteiger partial charge < -0.3 is 10.6 Å². The minimum absolute atomic E-state index is 0.0677. The molecule has 0 heterocycles. The van der Waals surface area contributed by atoms with Crippen LogP contribution in [0.25, 0.3) is 0 Å². The number of benzene rings is 2. The first kappa shape index (κ1) is 17.7. The Labute approximate surface area is 145 Å². The van der Waals surface area contributed by atoms with Gasteiger partial charge >= 0.3 is 6.03 Å². The van der Waals surface area contributed by atoms with E-state index in [1.165, 1.54) is 18.2 Å². The summed E-state index contributed by atoms with van der Waals surface area (Å²) in [5, 5.41) is 16.6. The molecular formula is C17H18ClN3O3. The van der Waals surface area contributed by atoms with E-state index in [4.69, 9.17) is 11.6 Å². The Balaban J connectivity index is 2.07. The van der Waals surface area contributed by atoms with Crippen LogP contribution < -0.4 is 10.6 Å². The summed E-state index contributed by atoms with van der Waals surface area (Å²) in [6.45, 7) is 5.94. The zero-order valence-electron chi connectivity index (χ0n) is 13.6. The molecule has 2 amide bonds. The van der Waals surface area contributed by atoms with Gasteiger partial charge in [-0.25, -0.2) is 4.79 Å². The third-order valence-electron chi connectivity index (χ3n) is 3.60. The number of amides is 2. The van der Waals surface area contributed by atoms with Crippen LogP contribution in [-0.2, 0) is 6.54 Å². The van der Waals surface area contributed by atoms with Crippen molar-refractivity contribution < 1.29 is 9.72 Å². The fourth-order valence-corrected chi connectivity index (χ4v) is 2.70. The Bertz CT molecular complexity index is 783. The number of carbonyl (C=O) groups excluding carboxylic acids is 1. The number of aryl methyl sites for hydroxylation is 3. The van der Waals surface area contributed by atoms with Crippen molar-refractivity contribution in [3.8, 4) is 0 Å². The smallest absolute Gasteiger partial charge is 0.319 e. The summed E-state index contributed by atoms with van der Waals surface area (Å²) in [6, 6.07) is 7.70. The van der Waals surface area contributed by atoms with Gasteiger partial charge in [-0.05, 0) is 43.5 Å². The molecule has 0 aliphatic rings. The highest BCUT2D eigenvalue weighted by Crippen LogP contribution is 2.23. The molecule has 0 aliphatic heterocycles. The van der Waals surface area contributed by atoms with Crippen molar-refractivity contribution in [2.75, 3.05) is 5.32 Å². The molecule has 2 rings (SSSR count). The van der Waals surface area contributed by atoms with Crippen molar-refractivity contribution in [1.82, 2.24) is 5.32 Å². The molecule has 2 aromatic rings. The lowest BCUT2D eigenvalue weighted by atomic mass is 10.1. The van der Waals surface area contributed by atoms with Crippen LogP contribution in [0.5, 0.6) is 0 Å². The van der Waals surface area contributed by atoms with Gasteiger partial charge in [0.15, 0.2) is 0 Å². The third kappa shape index (κ3) is 4.23. The zero-order chi connectivity index (χ0) is 17.9. The molecule has 0 aromatic heterocycles. The Morgan fingerprint density at radius 3 is 2.38 bits per heavy atom. The first-order valence-electron chi connectivity index (χ1n) is 7.33. The summed E-state index contributed by atoms with van der Waals surface area (Å²) in [4.78, 5) is 22.4. The number of halogens is 1. The average molecular weight is 348 g/mol. The standard InChI is InChI=1S/C17H18ClN3O3/c1-10-6-11(2)16(12(3)7-10)20-17(22)19-9-13-8-14(21(23)24)4-5-15(13)18/h4-8H,9H2,1-3H3,(H2,19,20,22). The van der Waals surface area contributed by atoms with Crippen LogP contribution in [0, 0.1) is 30.9 Å². The fourth-order valence-electron chi connectivity index (χ4n) is 2.52. The highest BCUT2D eigenvalue weighted by molar-refractivity contribution is 6.31. The number of anilines is 1. The summed E-state index contributed by atoms with van der Waals surface area (Å²) in [6.07, 6.45) is 0. The van der Waals surface area contributed by atoms with E-state index in [9.17, 15) is 14.9 Å². The third-order valence-corrected chi connectivity index (χ3v) is 3.96. The maximum atomic E-state index is 12.1. The van der Waals surface area contributed by atoms with Crippen molar-refractivity contribution in [1.29, 1.82) is 0 Å². The van der Waals surface area contributed by atoms with Crippen LogP contribution in [0.2, 0.25) is 5.02 Å². The van der Waals surface area contributed by atoms with E-state index in [1.807, 2.05) is 32.9 Å². The van der Waals surface area contributed by atoms with Crippen molar-refractivity contribution in [3.63, 3.8) is 0 Å². The Hall–Kier alpha value is -2.60. The van der Waals surface area contributed by atoms with Gasteiger partial charge in [-0.1, -0.05) is 29.3 Å². The molecule has 0 aliphatic carbocycles. The van der Waals surface area contributed by atoms with E-state index in [1.54, 1.807) is 0 Å². The molecule has 0 saturated heterocycles.